The van der Waals surface area contributed by atoms with Gasteiger partial charge in [0.25, 0.3) is 0 Å². The molecule has 0 N–H and O–H groups in total. The smallest absolute Gasteiger partial charge is 0.305 e. The summed E-state index contributed by atoms with van der Waals surface area (Å²) in [7, 11) is 3.01. The molecular weight excluding hydrogens is 220 g/mol. The van der Waals surface area contributed by atoms with E-state index in [0.717, 1.165) is 17.0 Å². The Morgan fingerprint density at radius 2 is 2.24 bits per heavy atom. The topological polar surface area (TPSA) is 52.8 Å². The fraction of sp³-hybridized carbons (Fsp3) is 0.333. The number of ether oxygens (including phenoxy) is 2. The van der Waals surface area contributed by atoms with Crippen molar-refractivity contribution in [1.82, 2.24) is 9.61 Å². The molecule has 0 saturated carbocycles. The molecule has 2 aromatic rings. The van der Waals surface area contributed by atoms with E-state index in [1.165, 1.54) is 7.11 Å². The first-order valence-electron chi connectivity index (χ1n) is 5.32. The highest BCUT2D eigenvalue weighted by molar-refractivity contribution is 5.69. The van der Waals surface area contributed by atoms with Crippen molar-refractivity contribution in [3.05, 3.63) is 30.1 Å². The Morgan fingerprint density at radius 1 is 1.41 bits per heavy atom. The molecule has 2 rings (SSSR count). The zero-order chi connectivity index (χ0) is 12.3. The maximum absolute atomic E-state index is 11.0. The molecule has 0 saturated heterocycles. The number of carbonyl (C=O) groups excluding carboxylic acids is 1. The van der Waals surface area contributed by atoms with E-state index in [1.807, 2.05) is 24.4 Å². The van der Waals surface area contributed by atoms with Gasteiger partial charge in [0.05, 0.1) is 31.9 Å². The van der Waals surface area contributed by atoms with Gasteiger partial charge in [0.15, 0.2) is 0 Å². The Labute approximate surface area is 99.0 Å². The van der Waals surface area contributed by atoms with Crippen LogP contribution < -0.4 is 4.74 Å². The largest absolute Gasteiger partial charge is 0.497 e. The maximum Gasteiger partial charge on any atom is 0.305 e. The molecule has 17 heavy (non-hydrogen) atoms. The number of methoxy groups -OCH3 is 2. The van der Waals surface area contributed by atoms with E-state index >= 15 is 0 Å². The van der Waals surface area contributed by atoms with Crippen molar-refractivity contribution < 1.29 is 14.3 Å². The molecule has 0 bridgehead atoms. The van der Waals surface area contributed by atoms with Gasteiger partial charge in [-0.05, 0) is 12.1 Å². The second-order valence-corrected chi connectivity index (χ2v) is 3.65. The van der Waals surface area contributed by atoms with Crippen LogP contribution >= 0.6 is 0 Å². The van der Waals surface area contributed by atoms with Crippen molar-refractivity contribution in [2.24, 2.45) is 0 Å². The predicted molar refractivity (Wildman–Crippen MR) is 62.1 cm³/mol. The van der Waals surface area contributed by atoms with Crippen molar-refractivity contribution in [1.29, 1.82) is 0 Å². The number of esters is 1. The fourth-order valence-electron chi connectivity index (χ4n) is 1.61. The van der Waals surface area contributed by atoms with Crippen molar-refractivity contribution in [3.8, 4) is 5.75 Å². The Hall–Kier alpha value is -2.04. The van der Waals surface area contributed by atoms with Crippen LogP contribution in [0.2, 0.25) is 0 Å². The molecule has 0 aromatic carbocycles. The quantitative estimate of drug-likeness (QED) is 0.751. The van der Waals surface area contributed by atoms with Gasteiger partial charge in [-0.25, -0.2) is 4.52 Å². The van der Waals surface area contributed by atoms with Crippen molar-refractivity contribution >= 4 is 11.5 Å². The molecule has 0 aliphatic heterocycles. The second kappa shape index (κ2) is 4.86. The maximum atomic E-state index is 11.0. The minimum Gasteiger partial charge on any atom is -0.497 e. The molecule has 0 unspecified atom stereocenters. The van der Waals surface area contributed by atoms with Crippen LogP contribution in [0.15, 0.2) is 24.4 Å². The first kappa shape index (κ1) is 11.4. The van der Waals surface area contributed by atoms with Crippen LogP contribution in [0.25, 0.3) is 5.52 Å². The minimum absolute atomic E-state index is 0.223. The molecule has 0 spiro atoms. The van der Waals surface area contributed by atoms with Crippen molar-refractivity contribution in [2.45, 2.75) is 12.8 Å². The summed E-state index contributed by atoms with van der Waals surface area (Å²) in [6, 6.07) is 5.67. The normalized spacial score (nSPS) is 10.5. The zero-order valence-electron chi connectivity index (χ0n) is 9.84. The van der Waals surface area contributed by atoms with Gasteiger partial charge in [-0.3, -0.25) is 4.79 Å². The summed E-state index contributed by atoms with van der Waals surface area (Å²) < 4.78 is 11.5. The third kappa shape index (κ3) is 2.55. The molecule has 0 atom stereocenters. The van der Waals surface area contributed by atoms with Gasteiger partial charge >= 0.3 is 5.97 Å². The molecule has 5 heteroatoms. The van der Waals surface area contributed by atoms with E-state index in [-0.39, 0.29) is 5.97 Å². The third-order valence-electron chi connectivity index (χ3n) is 2.53. The second-order valence-electron chi connectivity index (χ2n) is 3.65. The number of carbonyl (C=O) groups is 1. The Balaban J connectivity index is 2.17. The molecule has 0 fully saturated rings. The molecular formula is C12H14N2O3. The van der Waals surface area contributed by atoms with Crippen molar-refractivity contribution in [3.63, 3.8) is 0 Å². The van der Waals surface area contributed by atoms with Crippen LogP contribution in [0.1, 0.15) is 12.1 Å². The lowest BCUT2D eigenvalue weighted by Crippen LogP contribution is -2.02. The van der Waals surface area contributed by atoms with E-state index in [4.69, 9.17) is 4.74 Å². The molecule has 0 aliphatic carbocycles. The van der Waals surface area contributed by atoms with Gasteiger partial charge in [0.2, 0.25) is 0 Å². The van der Waals surface area contributed by atoms with Crippen LogP contribution in [-0.2, 0) is 16.0 Å². The van der Waals surface area contributed by atoms with E-state index in [0.29, 0.717) is 12.8 Å². The van der Waals surface area contributed by atoms with Crippen molar-refractivity contribution in [2.75, 3.05) is 14.2 Å². The van der Waals surface area contributed by atoms with E-state index in [1.54, 1.807) is 11.6 Å². The van der Waals surface area contributed by atoms with Gasteiger partial charge in [0.1, 0.15) is 5.75 Å². The van der Waals surface area contributed by atoms with Gasteiger partial charge in [0, 0.05) is 18.7 Å². The van der Waals surface area contributed by atoms with Crippen LogP contribution in [0.3, 0.4) is 0 Å². The number of fused-ring (bicyclic) bond motifs is 1. The standard InChI is InChI=1S/C12H14N2O3/c1-16-11-5-6-14-10(8-11)7-9(13-14)3-4-12(15)17-2/h5-8H,3-4H2,1-2H3. The average molecular weight is 234 g/mol. The lowest BCUT2D eigenvalue weighted by molar-refractivity contribution is -0.140. The van der Waals surface area contributed by atoms with E-state index in [2.05, 4.69) is 9.84 Å². The highest BCUT2D eigenvalue weighted by atomic mass is 16.5. The molecule has 2 heterocycles. The number of rotatable bonds is 4. The lowest BCUT2D eigenvalue weighted by Gasteiger charge is -1.98. The van der Waals surface area contributed by atoms with E-state index < -0.39 is 0 Å². The lowest BCUT2D eigenvalue weighted by atomic mass is 10.2. The third-order valence-corrected chi connectivity index (χ3v) is 2.53. The van der Waals surface area contributed by atoms with E-state index in [9.17, 15) is 4.79 Å². The summed E-state index contributed by atoms with van der Waals surface area (Å²) in [5.41, 5.74) is 1.81. The fourth-order valence-corrected chi connectivity index (χ4v) is 1.61. The monoisotopic (exact) mass is 234 g/mol. The van der Waals surface area contributed by atoms with Gasteiger partial charge in [-0.15, -0.1) is 0 Å². The summed E-state index contributed by atoms with van der Waals surface area (Å²) in [4.78, 5) is 11.0. The van der Waals surface area contributed by atoms with Gasteiger partial charge in [-0.2, -0.15) is 5.10 Å². The molecule has 0 aliphatic rings. The van der Waals surface area contributed by atoms with Gasteiger partial charge in [-0.1, -0.05) is 0 Å². The Morgan fingerprint density at radius 3 is 2.94 bits per heavy atom. The molecule has 5 nitrogen and oxygen atoms in total. The average Bonchev–Trinajstić information content (AvgIpc) is 2.77. The number of aryl methyl sites for hydroxylation is 1. The molecule has 90 valence electrons. The Kier molecular flexibility index (Phi) is 3.27. The highest BCUT2D eigenvalue weighted by Gasteiger charge is 2.06. The van der Waals surface area contributed by atoms with Crippen LogP contribution in [-0.4, -0.2) is 29.8 Å². The zero-order valence-corrected chi connectivity index (χ0v) is 9.84. The Bertz CT molecular complexity index is 534. The first-order valence-corrected chi connectivity index (χ1v) is 5.32. The van der Waals surface area contributed by atoms with Crippen LogP contribution in [0.5, 0.6) is 5.75 Å². The number of aromatic nitrogens is 2. The number of hydrogen-bond donors (Lipinski definition) is 0. The summed E-state index contributed by atoms with van der Waals surface area (Å²) in [6.07, 6.45) is 2.75. The summed E-state index contributed by atoms with van der Waals surface area (Å²) >= 11 is 0. The first-order chi connectivity index (χ1) is 8.22. The van der Waals surface area contributed by atoms with Crippen LogP contribution in [0.4, 0.5) is 0 Å². The number of nitrogens with zero attached hydrogens (tertiary/aromatic N) is 2. The molecule has 2 aromatic heterocycles. The molecule has 0 amide bonds. The van der Waals surface area contributed by atoms with Gasteiger partial charge < -0.3 is 9.47 Å². The minimum atomic E-state index is -0.223. The predicted octanol–water partition coefficient (Wildman–Crippen LogP) is 1.45. The SMILES string of the molecule is COC(=O)CCc1cc2cc(OC)ccn2n1. The summed E-state index contributed by atoms with van der Waals surface area (Å²) in [5.74, 6) is 0.566. The number of pyridine rings is 1. The number of hydrogen-bond acceptors (Lipinski definition) is 4. The summed E-state index contributed by atoms with van der Waals surface area (Å²) in [5, 5.41) is 4.35. The molecule has 0 radical (unpaired) electrons. The highest BCUT2D eigenvalue weighted by Crippen LogP contribution is 2.15. The summed E-state index contributed by atoms with van der Waals surface area (Å²) in [6.45, 7) is 0. The van der Waals surface area contributed by atoms with Crippen LogP contribution in [0, 0.1) is 0 Å².